The first-order chi connectivity index (χ1) is 19.4. The van der Waals surface area contributed by atoms with Gasteiger partial charge in [-0.1, -0.05) is 23.2 Å². The fraction of sp³-hybridized carbons (Fsp3) is 0.321. The largest absolute Gasteiger partial charge is 0.471 e. The number of benzene rings is 2. The average Bonchev–Trinajstić information content (AvgIpc) is 3.56. The van der Waals surface area contributed by atoms with Crippen molar-refractivity contribution in [3.8, 4) is 11.7 Å². The van der Waals surface area contributed by atoms with Crippen LogP contribution in [-0.2, 0) is 24.3 Å². The molecule has 1 aliphatic rings. The third-order valence-electron chi connectivity index (χ3n) is 6.13. The van der Waals surface area contributed by atoms with Crippen molar-refractivity contribution in [2.45, 2.75) is 43.8 Å². The second kappa shape index (κ2) is 11.5. The predicted octanol–water partition coefficient (Wildman–Crippen LogP) is 5.43. The van der Waals surface area contributed by atoms with Gasteiger partial charge in [-0.3, -0.25) is 13.7 Å². The number of hydrogen-bond acceptors (Lipinski definition) is 8. The second-order valence-corrected chi connectivity index (χ2v) is 13.2. The molecule has 216 valence electrons. The number of anilines is 1. The number of halogens is 2. The molecule has 2 aromatic heterocycles. The Bertz CT molecular complexity index is 1660. The van der Waals surface area contributed by atoms with Gasteiger partial charge in [-0.25, -0.2) is 8.42 Å². The lowest BCUT2D eigenvalue weighted by Gasteiger charge is -2.26. The molecule has 41 heavy (non-hydrogen) atoms. The molecule has 4 aromatic rings. The van der Waals surface area contributed by atoms with E-state index in [1.54, 1.807) is 57.3 Å². The highest BCUT2D eigenvalue weighted by Gasteiger charge is 2.30. The number of aromatic nitrogens is 3. The molecule has 0 unspecified atom stereocenters. The topological polar surface area (TPSA) is 113 Å². The molecule has 1 aliphatic heterocycles. The number of sulfonamides is 1. The maximum atomic E-state index is 13.8. The molecule has 13 heteroatoms. The third-order valence-corrected chi connectivity index (χ3v) is 8.31. The molecule has 1 fully saturated rings. The highest BCUT2D eigenvalue weighted by molar-refractivity contribution is 7.92. The van der Waals surface area contributed by atoms with Gasteiger partial charge in [0.2, 0.25) is 5.88 Å². The van der Waals surface area contributed by atoms with Gasteiger partial charge in [-0.2, -0.15) is 0 Å². The normalized spacial score (nSPS) is 15.7. The molecule has 0 saturated carbocycles. The first kappa shape index (κ1) is 29.1. The zero-order valence-electron chi connectivity index (χ0n) is 22.6. The molecule has 5 rings (SSSR count). The fourth-order valence-electron chi connectivity index (χ4n) is 4.38. The Balaban J connectivity index is 1.48. The Morgan fingerprint density at radius 3 is 2.46 bits per heavy atom. The number of carbonyl (C=O) groups excluding carboxylic acids is 1. The maximum absolute atomic E-state index is 13.8. The van der Waals surface area contributed by atoms with Crippen molar-refractivity contribution in [2.75, 3.05) is 24.1 Å². The van der Waals surface area contributed by atoms with E-state index < -0.39 is 28.1 Å². The van der Waals surface area contributed by atoms with Gasteiger partial charge in [-0.05, 0) is 69.3 Å². The van der Waals surface area contributed by atoms with Gasteiger partial charge < -0.3 is 14.2 Å². The van der Waals surface area contributed by atoms with Crippen LogP contribution in [0, 0.1) is 0 Å². The molecule has 1 atom stereocenters. The molecule has 3 heterocycles. The van der Waals surface area contributed by atoms with Crippen LogP contribution in [0.2, 0.25) is 10.0 Å². The summed E-state index contributed by atoms with van der Waals surface area (Å²) in [5, 5.41) is 9.48. The maximum Gasteiger partial charge on any atom is 0.327 e. The lowest BCUT2D eigenvalue weighted by Crippen LogP contribution is -2.39. The van der Waals surface area contributed by atoms with Crippen LogP contribution >= 0.6 is 23.2 Å². The van der Waals surface area contributed by atoms with Gasteiger partial charge in [0.1, 0.15) is 18.2 Å². The van der Waals surface area contributed by atoms with E-state index in [1.807, 2.05) is 10.6 Å². The van der Waals surface area contributed by atoms with Gasteiger partial charge in [0, 0.05) is 34.1 Å². The Kier molecular flexibility index (Phi) is 8.15. The van der Waals surface area contributed by atoms with E-state index in [-0.39, 0.29) is 26.7 Å². The molecular weight excluding hydrogens is 591 g/mol. The van der Waals surface area contributed by atoms with Gasteiger partial charge in [-0.15, -0.1) is 10.2 Å². The third kappa shape index (κ3) is 6.75. The highest BCUT2D eigenvalue weighted by Crippen LogP contribution is 2.31. The van der Waals surface area contributed by atoms with Crippen molar-refractivity contribution in [2.24, 2.45) is 0 Å². The van der Waals surface area contributed by atoms with Crippen molar-refractivity contribution < 1.29 is 27.4 Å². The molecule has 0 spiro atoms. The number of ether oxygens (including phenoxy) is 3. The number of hydrogen-bond donors (Lipinski definition) is 0. The summed E-state index contributed by atoms with van der Waals surface area (Å²) in [5.74, 6) is 0.246. The second-order valence-electron chi connectivity index (χ2n) is 10.5. The smallest absolute Gasteiger partial charge is 0.327 e. The molecule has 2 aromatic carbocycles. The quantitative estimate of drug-likeness (QED) is 0.240. The summed E-state index contributed by atoms with van der Waals surface area (Å²) in [6.07, 6.45) is 2.57. The Morgan fingerprint density at radius 2 is 1.83 bits per heavy atom. The molecule has 0 N–H and O–H groups in total. The van der Waals surface area contributed by atoms with Gasteiger partial charge in [0.25, 0.3) is 10.0 Å². The van der Waals surface area contributed by atoms with E-state index in [2.05, 4.69) is 10.2 Å². The first-order valence-corrected chi connectivity index (χ1v) is 15.0. The van der Waals surface area contributed by atoms with Gasteiger partial charge in [0.15, 0.2) is 5.82 Å². The minimum atomic E-state index is -4.27. The highest BCUT2D eigenvalue weighted by atomic mass is 35.5. The number of carbonyl (C=O) groups is 1. The molecule has 0 radical (unpaired) electrons. The lowest BCUT2D eigenvalue weighted by molar-refractivity contribution is -0.152. The number of esters is 1. The summed E-state index contributed by atoms with van der Waals surface area (Å²) < 4.78 is 47.0. The average molecular weight is 620 g/mol. The Hall–Kier alpha value is -3.38. The monoisotopic (exact) mass is 618 g/mol. The van der Waals surface area contributed by atoms with Crippen molar-refractivity contribution in [1.29, 1.82) is 0 Å². The standard InChI is InChI=1S/C28H28Cl2N4O6S/c1-28(2,3)40-27(35)16-34(41(36,37)23-14-19(29)13-20(30)15-23)21-4-5-24-18(12-21)8-10-33(24)25-6-7-26(32-31-25)39-22-9-11-38-17-22/h4-8,10,12-15,22H,9,11,16-17H2,1-3H3/t22-/m0/s1. The summed E-state index contributed by atoms with van der Waals surface area (Å²) >= 11 is 12.2. The van der Waals surface area contributed by atoms with Crippen LogP contribution in [0.3, 0.4) is 0 Å². The number of fused-ring (bicyclic) bond motifs is 1. The van der Waals surface area contributed by atoms with E-state index in [1.165, 1.54) is 18.2 Å². The number of rotatable bonds is 8. The van der Waals surface area contributed by atoms with Crippen LogP contribution in [0.15, 0.2) is 65.7 Å². The van der Waals surface area contributed by atoms with Gasteiger partial charge >= 0.3 is 5.97 Å². The molecular formula is C28H28Cl2N4O6S. The van der Waals surface area contributed by atoms with Crippen LogP contribution < -0.4 is 9.04 Å². The van der Waals surface area contributed by atoms with E-state index in [0.717, 1.165) is 16.2 Å². The minimum Gasteiger partial charge on any atom is -0.471 e. The Morgan fingerprint density at radius 1 is 1.07 bits per heavy atom. The van der Waals surface area contributed by atoms with Crippen LogP contribution in [0.5, 0.6) is 5.88 Å². The van der Waals surface area contributed by atoms with E-state index in [9.17, 15) is 13.2 Å². The van der Waals surface area contributed by atoms with Crippen LogP contribution in [-0.4, -0.2) is 60.6 Å². The molecule has 0 amide bonds. The molecule has 0 bridgehead atoms. The van der Waals surface area contributed by atoms with Crippen LogP contribution in [0.1, 0.15) is 27.2 Å². The molecule has 10 nitrogen and oxygen atoms in total. The Labute approximate surface area is 247 Å². The van der Waals surface area contributed by atoms with E-state index >= 15 is 0 Å². The van der Waals surface area contributed by atoms with Crippen molar-refractivity contribution in [3.05, 3.63) is 70.8 Å². The van der Waals surface area contributed by atoms with E-state index in [0.29, 0.717) is 30.3 Å². The zero-order valence-corrected chi connectivity index (χ0v) is 24.9. The number of nitrogens with zero attached hydrogens (tertiary/aromatic N) is 4. The van der Waals surface area contributed by atoms with E-state index in [4.69, 9.17) is 37.4 Å². The summed E-state index contributed by atoms with van der Waals surface area (Å²) in [6, 6.07) is 14.4. The summed E-state index contributed by atoms with van der Waals surface area (Å²) in [4.78, 5) is 12.7. The lowest BCUT2D eigenvalue weighted by atomic mass is 10.2. The minimum absolute atomic E-state index is 0.0381. The molecule has 0 aliphatic carbocycles. The zero-order chi connectivity index (χ0) is 29.4. The SMILES string of the molecule is CC(C)(C)OC(=O)CN(c1ccc2c(ccn2-c2ccc(O[C@H]3CCOC3)nn2)c1)S(=O)(=O)c1cc(Cl)cc(Cl)c1. The fourth-order valence-corrected chi connectivity index (χ4v) is 6.50. The summed E-state index contributed by atoms with van der Waals surface area (Å²) in [5.41, 5.74) is 0.201. The summed E-state index contributed by atoms with van der Waals surface area (Å²) in [6.45, 7) is 5.75. The summed E-state index contributed by atoms with van der Waals surface area (Å²) in [7, 11) is -4.27. The van der Waals surface area contributed by atoms with Crippen molar-refractivity contribution in [1.82, 2.24) is 14.8 Å². The van der Waals surface area contributed by atoms with Crippen LogP contribution in [0.4, 0.5) is 5.69 Å². The molecule has 1 saturated heterocycles. The first-order valence-electron chi connectivity index (χ1n) is 12.8. The van der Waals surface area contributed by atoms with Gasteiger partial charge in [0.05, 0.1) is 29.3 Å². The van der Waals surface area contributed by atoms with Crippen molar-refractivity contribution in [3.63, 3.8) is 0 Å². The van der Waals surface area contributed by atoms with Crippen molar-refractivity contribution >= 4 is 55.8 Å². The predicted molar refractivity (Wildman–Crippen MR) is 156 cm³/mol. The van der Waals surface area contributed by atoms with Crippen LogP contribution in [0.25, 0.3) is 16.7 Å².